The van der Waals surface area contributed by atoms with Gasteiger partial charge in [0.2, 0.25) is 5.91 Å². The Morgan fingerprint density at radius 3 is 2.48 bits per heavy atom. The van der Waals surface area contributed by atoms with Crippen molar-refractivity contribution in [3.05, 3.63) is 46.8 Å². The topological polar surface area (TPSA) is 120 Å². The molecule has 3 aromatic heterocycles. The van der Waals surface area contributed by atoms with Gasteiger partial charge in [-0.05, 0) is 33.8 Å². The van der Waals surface area contributed by atoms with E-state index in [0.29, 0.717) is 18.8 Å². The molecule has 0 radical (unpaired) electrons. The maximum absolute atomic E-state index is 12.4. The third kappa shape index (κ3) is 4.53. The van der Waals surface area contributed by atoms with Crippen LogP contribution < -0.4 is 5.32 Å². The standard InChI is InChI=1S/C19H25N7O3/c1-5-24-10-15(12(2)21-24)11-26-14(4)18(13(3)22-26)20-17(27)7-9-25-8-6-16(23-25)19(28)29/h6,8,10H,5,7,9,11H2,1-4H3,(H,20,27)(H,28,29). The van der Waals surface area contributed by atoms with Gasteiger partial charge in [-0.25, -0.2) is 4.79 Å². The largest absolute Gasteiger partial charge is 0.476 e. The lowest BCUT2D eigenvalue weighted by Crippen LogP contribution is -2.16. The lowest BCUT2D eigenvalue weighted by atomic mass is 10.2. The number of amides is 1. The third-order valence-electron chi connectivity index (χ3n) is 4.77. The number of carboxylic acids is 1. The summed E-state index contributed by atoms with van der Waals surface area (Å²) in [5.74, 6) is -1.27. The first-order chi connectivity index (χ1) is 13.8. The molecule has 10 heteroatoms. The summed E-state index contributed by atoms with van der Waals surface area (Å²) < 4.78 is 5.20. The van der Waals surface area contributed by atoms with Crippen LogP contribution >= 0.6 is 0 Å². The van der Waals surface area contributed by atoms with E-state index in [4.69, 9.17) is 5.11 Å². The summed E-state index contributed by atoms with van der Waals surface area (Å²) in [4.78, 5) is 23.2. The predicted molar refractivity (Wildman–Crippen MR) is 106 cm³/mol. The molecule has 3 rings (SSSR count). The van der Waals surface area contributed by atoms with E-state index in [-0.39, 0.29) is 18.0 Å². The van der Waals surface area contributed by atoms with Crippen LogP contribution in [0.5, 0.6) is 0 Å². The molecule has 2 N–H and O–H groups in total. The summed E-state index contributed by atoms with van der Waals surface area (Å²) in [6.45, 7) is 9.47. The number of carboxylic acid groups (broad SMARTS) is 1. The van der Waals surface area contributed by atoms with Crippen molar-refractivity contribution in [2.75, 3.05) is 5.32 Å². The molecule has 0 aromatic carbocycles. The zero-order valence-electron chi connectivity index (χ0n) is 17.0. The van der Waals surface area contributed by atoms with Crippen LogP contribution in [-0.4, -0.2) is 46.3 Å². The maximum atomic E-state index is 12.4. The Morgan fingerprint density at radius 1 is 1.10 bits per heavy atom. The van der Waals surface area contributed by atoms with Crippen LogP contribution in [0.1, 0.15) is 46.5 Å². The molecule has 0 aliphatic rings. The minimum atomic E-state index is -1.09. The van der Waals surface area contributed by atoms with Crippen LogP contribution in [0.4, 0.5) is 5.69 Å². The highest BCUT2D eigenvalue weighted by Gasteiger charge is 2.16. The number of aromatic carboxylic acids is 1. The van der Waals surface area contributed by atoms with Gasteiger partial charge in [-0.3, -0.25) is 18.8 Å². The van der Waals surface area contributed by atoms with E-state index < -0.39 is 5.97 Å². The van der Waals surface area contributed by atoms with Crippen molar-refractivity contribution < 1.29 is 14.7 Å². The number of hydrogen-bond acceptors (Lipinski definition) is 5. The van der Waals surface area contributed by atoms with Crippen molar-refractivity contribution in [3.8, 4) is 0 Å². The molecule has 0 aliphatic carbocycles. The summed E-state index contributed by atoms with van der Waals surface area (Å²) in [6, 6.07) is 1.40. The average Bonchev–Trinajstić information content (AvgIpc) is 3.35. The van der Waals surface area contributed by atoms with Crippen molar-refractivity contribution >= 4 is 17.6 Å². The number of carbonyl (C=O) groups is 2. The molecule has 3 heterocycles. The fourth-order valence-electron chi connectivity index (χ4n) is 3.09. The number of aryl methyl sites for hydroxylation is 4. The Labute approximate surface area is 168 Å². The first-order valence-corrected chi connectivity index (χ1v) is 9.42. The molecule has 10 nitrogen and oxygen atoms in total. The van der Waals surface area contributed by atoms with E-state index in [9.17, 15) is 9.59 Å². The minimum absolute atomic E-state index is 0.0416. The van der Waals surface area contributed by atoms with Gasteiger partial charge < -0.3 is 10.4 Å². The lowest BCUT2D eigenvalue weighted by molar-refractivity contribution is -0.116. The van der Waals surface area contributed by atoms with Crippen LogP contribution in [0, 0.1) is 20.8 Å². The first-order valence-electron chi connectivity index (χ1n) is 9.42. The highest BCUT2D eigenvalue weighted by Crippen LogP contribution is 2.21. The van der Waals surface area contributed by atoms with Gasteiger partial charge in [0.15, 0.2) is 5.69 Å². The van der Waals surface area contributed by atoms with Crippen molar-refractivity contribution in [2.45, 2.75) is 53.8 Å². The van der Waals surface area contributed by atoms with Gasteiger partial charge in [0.25, 0.3) is 0 Å². The van der Waals surface area contributed by atoms with E-state index in [1.165, 1.54) is 10.7 Å². The van der Waals surface area contributed by atoms with E-state index in [1.807, 2.05) is 43.3 Å². The molecule has 154 valence electrons. The highest BCUT2D eigenvalue weighted by atomic mass is 16.4. The first kappa shape index (κ1) is 20.3. The number of aromatic nitrogens is 6. The molecular weight excluding hydrogens is 374 g/mol. The van der Waals surface area contributed by atoms with Gasteiger partial charge >= 0.3 is 5.97 Å². The Bertz CT molecular complexity index is 1040. The average molecular weight is 399 g/mol. The van der Waals surface area contributed by atoms with Crippen LogP contribution in [0.3, 0.4) is 0 Å². The lowest BCUT2D eigenvalue weighted by Gasteiger charge is -2.07. The number of nitrogens with zero attached hydrogens (tertiary/aromatic N) is 6. The van der Waals surface area contributed by atoms with Crippen molar-refractivity contribution in [3.63, 3.8) is 0 Å². The highest BCUT2D eigenvalue weighted by molar-refractivity contribution is 5.91. The summed E-state index contributed by atoms with van der Waals surface area (Å²) in [7, 11) is 0. The van der Waals surface area contributed by atoms with Gasteiger partial charge in [0, 0.05) is 37.5 Å². The van der Waals surface area contributed by atoms with Crippen molar-refractivity contribution in [1.82, 2.24) is 29.3 Å². The van der Waals surface area contributed by atoms with E-state index in [0.717, 1.165) is 29.2 Å². The predicted octanol–water partition coefficient (Wildman–Crippen LogP) is 2.00. The molecule has 3 aromatic rings. The van der Waals surface area contributed by atoms with Crippen molar-refractivity contribution in [1.29, 1.82) is 0 Å². The Hall–Kier alpha value is -3.43. The summed E-state index contributed by atoms with van der Waals surface area (Å²) in [5.41, 5.74) is 4.31. The van der Waals surface area contributed by atoms with Gasteiger partial charge in [-0.15, -0.1) is 0 Å². The van der Waals surface area contributed by atoms with Gasteiger partial charge in [-0.2, -0.15) is 15.3 Å². The number of hydrogen-bond donors (Lipinski definition) is 2. The Morgan fingerprint density at radius 2 is 1.86 bits per heavy atom. The molecule has 0 saturated carbocycles. The van der Waals surface area contributed by atoms with Crippen molar-refractivity contribution in [2.24, 2.45) is 0 Å². The normalized spacial score (nSPS) is 11.0. The number of nitrogens with one attached hydrogen (secondary N) is 1. The molecule has 29 heavy (non-hydrogen) atoms. The molecule has 1 amide bonds. The second-order valence-corrected chi connectivity index (χ2v) is 6.87. The molecule has 0 atom stereocenters. The summed E-state index contributed by atoms with van der Waals surface area (Å²) >= 11 is 0. The summed E-state index contributed by atoms with van der Waals surface area (Å²) in [5, 5.41) is 24.7. The molecule has 0 aliphatic heterocycles. The minimum Gasteiger partial charge on any atom is -0.476 e. The number of anilines is 1. The van der Waals surface area contributed by atoms with Gasteiger partial charge in [0.05, 0.1) is 29.3 Å². The van der Waals surface area contributed by atoms with Crippen LogP contribution in [0.15, 0.2) is 18.5 Å². The molecule has 0 fully saturated rings. The third-order valence-corrected chi connectivity index (χ3v) is 4.77. The second-order valence-electron chi connectivity index (χ2n) is 6.87. The van der Waals surface area contributed by atoms with E-state index in [2.05, 4.69) is 20.6 Å². The molecule has 0 unspecified atom stereocenters. The molecule has 0 saturated heterocycles. The summed E-state index contributed by atoms with van der Waals surface area (Å²) in [6.07, 6.45) is 3.73. The molecular formula is C19H25N7O3. The van der Waals surface area contributed by atoms with Gasteiger partial charge in [0.1, 0.15) is 0 Å². The van der Waals surface area contributed by atoms with Gasteiger partial charge in [-0.1, -0.05) is 0 Å². The number of carbonyl (C=O) groups excluding carboxylic acids is 1. The maximum Gasteiger partial charge on any atom is 0.356 e. The smallest absolute Gasteiger partial charge is 0.356 e. The Kier molecular flexibility index (Phi) is 5.81. The van der Waals surface area contributed by atoms with E-state index in [1.54, 1.807) is 6.20 Å². The second kappa shape index (κ2) is 8.29. The SMILES string of the molecule is CCn1cc(Cn2nc(C)c(NC(=O)CCn3ccc(C(=O)O)n3)c2C)c(C)n1. The van der Waals surface area contributed by atoms with Crippen LogP contribution in [-0.2, 0) is 24.4 Å². The fourth-order valence-corrected chi connectivity index (χ4v) is 3.09. The zero-order chi connectivity index (χ0) is 21.1. The Balaban J connectivity index is 1.65. The van der Waals surface area contributed by atoms with E-state index >= 15 is 0 Å². The van der Waals surface area contributed by atoms with Crippen LogP contribution in [0.25, 0.3) is 0 Å². The monoisotopic (exact) mass is 399 g/mol. The van der Waals surface area contributed by atoms with Crippen LogP contribution in [0.2, 0.25) is 0 Å². The zero-order valence-corrected chi connectivity index (χ0v) is 17.0. The fraction of sp³-hybridized carbons (Fsp3) is 0.421. The number of rotatable bonds is 8. The molecule has 0 bridgehead atoms. The quantitative estimate of drug-likeness (QED) is 0.598. The molecule has 0 spiro atoms.